The van der Waals surface area contributed by atoms with Gasteiger partial charge in [-0.2, -0.15) is 0 Å². The van der Waals surface area contributed by atoms with Crippen molar-refractivity contribution in [2.75, 3.05) is 0 Å². The highest BCUT2D eigenvalue weighted by atomic mass is 19.1. The van der Waals surface area contributed by atoms with Crippen molar-refractivity contribution >= 4 is 0 Å². The third-order valence-electron chi connectivity index (χ3n) is 3.98. The fraction of sp³-hybridized carbons (Fsp3) is 0.333. The average molecular weight is 290 g/mol. The van der Waals surface area contributed by atoms with E-state index in [1.54, 1.807) is 6.07 Å². The largest absolute Gasteiger partial charge is 0.494 e. The molecule has 1 aliphatic rings. The molecule has 1 aliphatic carbocycles. The van der Waals surface area contributed by atoms with E-state index >= 15 is 0 Å². The highest BCUT2D eigenvalue weighted by molar-refractivity contribution is 5.67. The second kappa shape index (κ2) is 4.87. The van der Waals surface area contributed by atoms with Crippen LogP contribution in [-0.4, -0.2) is 14.7 Å². The van der Waals surface area contributed by atoms with Crippen LogP contribution in [0.2, 0.25) is 0 Å². The van der Waals surface area contributed by atoms with Gasteiger partial charge in [-0.3, -0.25) is 14.3 Å². The second-order valence-electron chi connectivity index (χ2n) is 5.54. The van der Waals surface area contributed by atoms with Crippen molar-refractivity contribution in [1.29, 1.82) is 0 Å². The van der Waals surface area contributed by atoms with Gasteiger partial charge in [0, 0.05) is 11.6 Å². The SMILES string of the molecule is CC1CC(n2c(O)c(-c3ccccc3F)c(=O)[nH]c2=O)C1. The number of hydrogen-bond acceptors (Lipinski definition) is 3. The Morgan fingerprint density at radius 3 is 2.57 bits per heavy atom. The van der Waals surface area contributed by atoms with Gasteiger partial charge in [-0.1, -0.05) is 25.1 Å². The Balaban J connectivity index is 2.23. The predicted molar refractivity (Wildman–Crippen MR) is 75.8 cm³/mol. The highest BCUT2D eigenvalue weighted by Crippen LogP contribution is 2.39. The summed E-state index contributed by atoms with van der Waals surface area (Å²) in [5, 5.41) is 10.3. The molecule has 2 N–H and O–H groups in total. The summed E-state index contributed by atoms with van der Waals surface area (Å²) in [6, 6.07) is 5.51. The fourth-order valence-corrected chi connectivity index (χ4v) is 2.85. The minimum Gasteiger partial charge on any atom is -0.494 e. The van der Waals surface area contributed by atoms with Crippen molar-refractivity contribution in [2.24, 2.45) is 5.92 Å². The summed E-state index contributed by atoms with van der Waals surface area (Å²) in [5.74, 6) is -0.624. The first kappa shape index (κ1) is 13.6. The normalized spacial score (nSPS) is 21.0. The second-order valence-corrected chi connectivity index (χ2v) is 5.54. The van der Waals surface area contributed by atoms with E-state index in [4.69, 9.17) is 0 Å². The summed E-state index contributed by atoms with van der Waals surface area (Å²) < 4.78 is 15.0. The number of hydrogen-bond donors (Lipinski definition) is 2. The molecule has 0 bridgehead atoms. The molecule has 5 nitrogen and oxygen atoms in total. The average Bonchev–Trinajstić information content (AvgIpc) is 2.38. The minimum absolute atomic E-state index is 0.0163. The molecule has 0 amide bonds. The summed E-state index contributed by atoms with van der Waals surface area (Å²) in [4.78, 5) is 26.1. The standard InChI is InChI=1S/C15H15FN2O3/c1-8-6-9(7-8)18-14(20)12(13(19)17-15(18)21)10-4-2-3-5-11(10)16/h2-5,8-9,20H,6-7H2,1H3,(H,17,19,21). The molecule has 1 saturated carbocycles. The van der Waals surface area contributed by atoms with Crippen molar-refractivity contribution in [1.82, 2.24) is 9.55 Å². The first-order chi connectivity index (χ1) is 9.99. The van der Waals surface area contributed by atoms with Crippen molar-refractivity contribution in [3.05, 3.63) is 50.9 Å². The van der Waals surface area contributed by atoms with Crippen molar-refractivity contribution in [3.63, 3.8) is 0 Å². The molecule has 3 rings (SSSR count). The first-order valence-corrected chi connectivity index (χ1v) is 6.81. The van der Waals surface area contributed by atoms with Gasteiger partial charge in [0.1, 0.15) is 11.4 Å². The maximum absolute atomic E-state index is 13.9. The van der Waals surface area contributed by atoms with Crippen LogP contribution in [-0.2, 0) is 0 Å². The Hall–Kier alpha value is -2.37. The molecule has 0 radical (unpaired) electrons. The van der Waals surface area contributed by atoms with Crippen LogP contribution < -0.4 is 11.2 Å². The molecule has 110 valence electrons. The number of aromatic amines is 1. The third-order valence-corrected chi connectivity index (χ3v) is 3.98. The lowest BCUT2D eigenvalue weighted by Crippen LogP contribution is -2.38. The zero-order valence-electron chi connectivity index (χ0n) is 11.5. The topological polar surface area (TPSA) is 75.1 Å². The van der Waals surface area contributed by atoms with Crippen LogP contribution in [0.15, 0.2) is 33.9 Å². The highest BCUT2D eigenvalue weighted by Gasteiger charge is 2.31. The summed E-state index contributed by atoms with van der Waals surface area (Å²) in [6.45, 7) is 2.04. The summed E-state index contributed by atoms with van der Waals surface area (Å²) in [5.41, 5.74) is -1.66. The molecule has 1 aromatic heterocycles. The van der Waals surface area contributed by atoms with E-state index in [9.17, 15) is 19.1 Å². The van der Waals surface area contributed by atoms with E-state index in [-0.39, 0.29) is 17.2 Å². The zero-order chi connectivity index (χ0) is 15.1. The molecule has 0 aliphatic heterocycles. The van der Waals surface area contributed by atoms with E-state index in [0.29, 0.717) is 5.92 Å². The summed E-state index contributed by atoms with van der Waals surface area (Å²) in [6.07, 6.45) is 1.49. The number of H-pyrrole nitrogens is 1. The maximum atomic E-state index is 13.9. The number of nitrogens with one attached hydrogen (secondary N) is 1. The molecule has 0 unspecified atom stereocenters. The van der Waals surface area contributed by atoms with E-state index in [2.05, 4.69) is 4.98 Å². The van der Waals surface area contributed by atoms with Gasteiger partial charge in [-0.25, -0.2) is 9.18 Å². The van der Waals surface area contributed by atoms with Gasteiger partial charge in [0.2, 0.25) is 5.88 Å². The number of aromatic hydroxyl groups is 1. The van der Waals surface area contributed by atoms with Crippen molar-refractivity contribution < 1.29 is 9.50 Å². The minimum atomic E-state index is -0.786. The zero-order valence-corrected chi connectivity index (χ0v) is 11.5. The molecule has 1 fully saturated rings. The Kier molecular flexibility index (Phi) is 3.16. The molecule has 1 heterocycles. The summed E-state index contributed by atoms with van der Waals surface area (Å²) >= 11 is 0. The lowest BCUT2D eigenvalue weighted by Gasteiger charge is -2.34. The van der Waals surface area contributed by atoms with Crippen LogP contribution in [0, 0.1) is 11.7 Å². The van der Waals surface area contributed by atoms with E-state index in [1.807, 2.05) is 6.92 Å². The monoisotopic (exact) mass is 290 g/mol. The van der Waals surface area contributed by atoms with Crippen molar-refractivity contribution in [2.45, 2.75) is 25.8 Å². The Labute approximate surface area is 119 Å². The molecule has 6 heteroatoms. The van der Waals surface area contributed by atoms with E-state index < -0.39 is 22.9 Å². The van der Waals surface area contributed by atoms with E-state index in [0.717, 1.165) is 17.4 Å². The molecule has 2 aromatic rings. The maximum Gasteiger partial charge on any atom is 0.331 e. The Morgan fingerprint density at radius 2 is 1.95 bits per heavy atom. The Morgan fingerprint density at radius 1 is 1.29 bits per heavy atom. The van der Waals surface area contributed by atoms with Crippen LogP contribution in [0.25, 0.3) is 11.1 Å². The van der Waals surface area contributed by atoms with Gasteiger partial charge < -0.3 is 5.11 Å². The number of nitrogens with zero attached hydrogens (tertiary/aromatic N) is 1. The van der Waals surface area contributed by atoms with Gasteiger partial charge in [0.15, 0.2) is 0 Å². The Bertz CT molecular complexity index is 803. The van der Waals surface area contributed by atoms with Gasteiger partial charge in [-0.05, 0) is 24.8 Å². The van der Waals surface area contributed by atoms with Crippen LogP contribution in [0.3, 0.4) is 0 Å². The fourth-order valence-electron chi connectivity index (χ4n) is 2.85. The molecular weight excluding hydrogens is 275 g/mol. The van der Waals surface area contributed by atoms with Crippen LogP contribution in [0.1, 0.15) is 25.8 Å². The van der Waals surface area contributed by atoms with Gasteiger partial charge in [0.25, 0.3) is 5.56 Å². The number of rotatable bonds is 2. The van der Waals surface area contributed by atoms with Crippen LogP contribution in [0.4, 0.5) is 4.39 Å². The number of aromatic nitrogens is 2. The molecule has 0 saturated heterocycles. The van der Waals surface area contributed by atoms with E-state index in [1.165, 1.54) is 18.2 Å². The van der Waals surface area contributed by atoms with Crippen LogP contribution >= 0.6 is 0 Å². The molecule has 0 spiro atoms. The molecule has 1 aromatic carbocycles. The van der Waals surface area contributed by atoms with Crippen LogP contribution in [0.5, 0.6) is 5.88 Å². The van der Waals surface area contributed by atoms with Gasteiger partial charge in [-0.15, -0.1) is 0 Å². The van der Waals surface area contributed by atoms with Crippen molar-refractivity contribution in [3.8, 4) is 17.0 Å². The lowest BCUT2D eigenvalue weighted by atomic mass is 9.81. The van der Waals surface area contributed by atoms with Gasteiger partial charge >= 0.3 is 5.69 Å². The number of halogens is 1. The molecule has 0 atom stereocenters. The number of benzene rings is 1. The quantitative estimate of drug-likeness (QED) is 0.888. The first-order valence-electron chi connectivity index (χ1n) is 6.81. The smallest absolute Gasteiger partial charge is 0.331 e. The third kappa shape index (κ3) is 2.16. The summed E-state index contributed by atoms with van der Waals surface area (Å²) in [7, 11) is 0. The lowest BCUT2D eigenvalue weighted by molar-refractivity contribution is 0.193. The van der Waals surface area contributed by atoms with Gasteiger partial charge in [0.05, 0.1) is 0 Å². The predicted octanol–water partition coefficient (Wildman–Crippen LogP) is 2.02. The molecule has 21 heavy (non-hydrogen) atoms. The molecular formula is C15H15FN2O3.